The maximum absolute atomic E-state index is 13.4. The topological polar surface area (TPSA) is 21.3 Å². The van der Waals surface area contributed by atoms with Crippen LogP contribution in [0.1, 0.15) is 25.7 Å². The predicted octanol–water partition coefficient (Wildman–Crippen LogP) is 3.75. The first-order valence-corrected chi connectivity index (χ1v) is 6.39. The molecule has 0 radical (unpaired) electrons. The minimum absolute atomic E-state index is 0.0440. The van der Waals surface area contributed by atoms with Gasteiger partial charge in [-0.25, -0.2) is 22.0 Å². The van der Waals surface area contributed by atoms with Crippen LogP contribution in [0.15, 0.2) is 0 Å². The van der Waals surface area contributed by atoms with Crippen LogP contribution in [0.5, 0.6) is 0 Å². The Morgan fingerprint density at radius 1 is 0.900 bits per heavy atom. The van der Waals surface area contributed by atoms with Crippen molar-refractivity contribution >= 4 is 5.69 Å². The first kappa shape index (κ1) is 15.0. The molecule has 2 rings (SSSR count). The standard InChI is InChI=1S/C13H14F5NO/c14-8-9(15)11(17)13(12(18)10(8)16)19-5-4-7-3-1-2-6-20-7/h7,19H,1-6H2. The molecule has 0 aromatic heterocycles. The smallest absolute Gasteiger partial charge is 0.200 e. The van der Waals surface area contributed by atoms with Crippen molar-refractivity contribution in [3.05, 3.63) is 29.1 Å². The molecule has 0 bridgehead atoms. The molecule has 1 N–H and O–H groups in total. The van der Waals surface area contributed by atoms with Crippen molar-refractivity contribution in [3.63, 3.8) is 0 Å². The van der Waals surface area contributed by atoms with Crippen LogP contribution in [-0.2, 0) is 4.74 Å². The highest BCUT2D eigenvalue weighted by Crippen LogP contribution is 2.27. The SMILES string of the molecule is Fc1c(F)c(F)c(NCCC2CCCCO2)c(F)c1F. The molecule has 1 aromatic rings. The van der Waals surface area contributed by atoms with E-state index in [1.54, 1.807) is 0 Å². The third kappa shape index (κ3) is 3.03. The van der Waals surface area contributed by atoms with Gasteiger partial charge in [-0.1, -0.05) is 0 Å². The van der Waals surface area contributed by atoms with Gasteiger partial charge in [-0.05, 0) is 25.7 Å². The van der Waals surface area contributed by atoms with Gasteiger partial charge in [-0.15, -0.1) is 0 Å². The molecule has 112 valence electrons. The molecule has 1 fully saturated rings. The largest absolute Gasteiger partial charge is 0.380 e. The van der Waals surface area contributed by atoms with E-state index in [0.29, 0.717) is 13.0 Å². The van der Waals surface area contributed by atoms with Crippen molar-refractivity contribution < 1.29 is 26.7 Å². The van der Waals surface area contributed by atoms with Gasteiger partial charge in [0.15, 0.2) is 23.3 Å². The number of rotatable bonds is 4. The Morgan fingerprint density at radius 2 is 1.50 bits per heavy atom. The van der Waals surface area contributed by atoms with Gasteiger partial charge in [0.05, 0.1) is 6.10 Å². The van der Waals surface area contributed by atoms with Gasteiger partial charge >= 0.3 is 0 Å². The molecule has 1 aliphatic rings. The predicted molar refractivity (Wildman–Crippen MR) is 62.9 cm³/mol. The van der Waals surface area contributed by atoms with E-state index in [9.17, 15) is 22.0 Å². The summed E-state index contributed by atoms with van der Waals surface area (Å²) in [5.41, 5.74) is -0.989. The Labute approximate surface area is 112 Å². The van der Waals surface area contributed by atoms with Gasteiger partial charge in [0.2, 0.25) is 5.82 Å². The average molecular weight is 295 g/mol. The van der Waals surface area contributed by atoms with Crippen LogP contribution in [0.25, 0.3) is 0 Å². The van der Waals surface area contributed by atoms with E-state index < -0.39 is 34.8 Å². The first-order chi connectivity index (χ1) is 9.52. The van der Waals surface area contributed by atoms with Crippen LogP contribution in [0.4, 0.5) is 27.6 Å². The fourth-order valence-electron chi connectivity index (χ4n) is 2.15. The summed E-state index contributed by atoms with van der Waals surface area (Å²) in [6, 6.07) is 0. The van der Waals surface area contributed by atoms with Crippen molar-refractivity contribution in [2.75, 3.05) is 18.5 Å². The fourth-order valence-corrected chi connectivity index (χ4v) is 2.15. The van der Waals surface area contributed by atoms with Crippen LogP contribution in [0, 0.1) is 29.1 Å². The minimum atomic E-state index is -2.15. The van der Waals surface area contributed by atoms with Crippen molar-refractivity contribution in [2.24, 2.45) is 0 Å². The number of benzene rings is 1. The maximum Gasteiger partial charge on any atom is 0.200 e. The lowest BCUT2D eigenvalue weighted by Crippen LogP contribution is -2.22. The Hall–Kier alpha value is -1.37. The molecule has 0 amide bonds. The third-order valence-corrected chi connectivity index (χ3v) is 3.25. The van der Waals surface area contributed by atoms with E-state index in [1.165, 1.54) is 0 Å². The first-order valence-electron chi connectivity index (χ1n) is 6.39. The third-order valence-electron chi connectivity index (χ3n) is 3.25. The zero-order chi connectivity index (χ0) is 14.7. The van der Waals surface area contributed by atoms with E-state index in [2.05, 4.69) is 5.32 Å². The number of hydrogen-bond acceptors (Lipinski definition) is 2. The quantitative estimate of drug-likeness (QED) is 0.519. The molecule has 1 atom stereocenters. The van der Waals surface area contributed by atoms with Crippen molar-refractivity contribution in [1.29, 1.82) is 0 Å². The van der Waals surface area contributed by atoms with E-state index >= 15 is 0 Å². The lowest BCUT2D eigenvalue weighted by Gasteiger charge is -2.22. The summed E-state index contributed by atoms with van der Waals surface area (Å²) >= 11 is 0. The highest BCUT2D eigenvalue weighted by molar-refractivity contribution is 5.47. The molecule has 1 aromatic carbocycles. The van der Waals surface area contributed by atoms with E-state index in [4.69, 9.17) is 4.74 Å². The number of ether oxygens (including phenoxy) is 1. The summed E-state index contributed by atoms with van der Waals surface area (Å²) < 4.78 is 70.9. The molecule has 1 saturated heterocycles. The van der Waals surface area contributed by atoms with Crippen molar-refractivity contribution in [1.82, 2.24) is 0 Å². The Morgan fingerprint density at radius 3 is 2.05 bits per heavy atom. The van der Waals surface area contributed by atoms with Gasteiger partial charge in [-0.3, -0.25) is 0 Å². The summed E-state index contributed by atoms with van der Waals surface area (Å²) in [6.45, 7) is 0.705. The zero-order valence-corrected chi connectivity index (χ0v) is 10.6. The lowest BCUT2D eigenvalue weighted by molar-refractivity contribution is 0.0134. The monoisotopic (exact) mass is 295 g/mol. The molecule has 0 saturated carbocycles. The molecule has 1 heterocycles. The number of nitrogens with one attached hydrogen (secondary N) is 1. The second-order valence-electron chi connectivity index (χ2n) is 4.65. The minimum Gasteiger partial charge on any atom is -0.380 e. The summed E-state index contributed by atoms with van der Waals surface area (Å²) in [4.78, 5) is 0. The Kier molecular flexibility index (Phi) is 4.80. The Bertz CT molecular complexity index is 459. The number of hydrogen-bond donors (Lipinski definition) is 1. The van der Waals surface area contributed by atoms with Gasteiger partial charge in [0, 0.05) is 13.2 Å². The summed E-state index contributed by atoms with van der Waals surface area (Å²) in [5, 5.41) is 2.26. The highest BCUT2D eigenvalue weighted by atomic mass is 19.2. The molecule has 7 heteroatoms. The van der Waals surface area contributed by atoms with Crippen LogP contribution in [0.3, 0.4) is 0 Å². The lowest BCUT2D eigenvalue weighted by atomic mass is 10.1. The van der Waals surface area contributed by atoms with Crippen LogP contribution in [0.2, 0.25) is 0 Å². The van der Waals surface area contributed by atoms with Gasteiger partial charge < -0.3 is 10.1 Å². The van der Waals surface area contributed by atoms with E-state index in [0.717, 1.165) is 19.3 Å². The second kappa shape index (κ2) is 6.39. The van der Waals surface area contributed by atoms with Crippen molar-refractivity contribution in [3.8, 4) is 0 Å². The van der Waals surface area contributed by atoms with Crippen LogP contribution >= 0.6 is 0 Å². The molecule has 0 aliphatic carbocycles. The molecule has 2 nitrogen and oxygen atoms in total. The normalized spacial score (nSPS) is 19.1. The summed E-state index contributed by atoms with van der Waals surface area (Å²) in [5.74, 6) is -9.72. The second-order valence-corrected chi connectivity index (χ2v) is 4.65. The summed E-state index contributed by atoms with van der Waals surface area (Å²) in [6.07, 6.45) is 3.21. The molecule has 20 heavy (non-hydrogen) atoms. The molecule has 0 spiro atoms. The van der Waals surface area contributed by atoms with Gasteiger partial charge in [0.25, 0.3) is 0 Å². The van der Waals surface area contributed by atoms with Crippen LogP contribution in [-0.4, -0.2) is 19.3 Å². The van der Waals surface area contributed by atoms with Gasteiger partial charge in [0.1, 0.15) is 5.69 Å². The van der Waals surface area contributed by atoms with E-state index in [-0.39, 0.29) is 12.6 Å². The zero-order valence-electron chi connectivity index (χ0n) is 10.6. The summed E-state index contributed by atoms with van der Waals surface area (Å²) in [7, 11) is 0. The highest BCUT2D eigenvalue weighted by Gasteiger charge is 2.25. The average Bonchev–Trinajstić information content (AvgIpc) is 2.48. The Balaban J connectivity index is 2.02. The van der Waals surface area contributed by atoms with Gasteiger partial charge in [-0.2, -0.15) is 0 Å². The number of halogens is 5. The molecular formula is C13H14F5NO. The van der Waals surface area contributed by atoms with E-state index in [1.807, 2.05) is 0 Å². The van der Waals surface area contributed by atoms with Crippen molar-refractivity contribution in [2.45, 2.75) is 31.8 Å². The fraction of sp³-hybridized carbons (Fsp3) is 0.538. The molecule has 1 aliphatic heterocycles. The maximum atomic E-state index is 13.4. The number of anilines is 1. The molecule has 1 unspecified atom stereocenters. The molecular weight excluding hydrogens is 281 g/mol. The van der Waals surface area contributed by atoms with Crippen LogP contribution < -0.4 is 5.32 Å².